The van der Waals surface area contributed by atoms with Crippen LogP contribution in [0.25, 0.3) is 0 Å². The Labute approximate surface area is 128 Å². The first-order valence-electron chi connectivity index (χ1n) is 7.58. The molecule has 21 heavy (non-hydrogen) atoms. The lowest BCUT2D eigenvalue weighted by Gasteiger charge is -2.26. The molecule has 0 aliphatic heterocycles. The smallest absolute Gasteiger partial charge is 0.0536 e. The van der Waals surface area contributed by atoms with Crippen LogP contribution < -0.4 is 10.2 Å². The first-order chi connectivity index (χ1) is 9.99. The van der Waals surface area contributed by atoms with Gasteiger partial charge in [0.05, 0.1) is 6.04 Å². The number of nitrogens with one attached hydrogen (secondary N) is 1. The lowest BCUT2D eigenvalue weighted by Crippen LogP contribution is -2.17. The van der Waals surface area contributed by atoms with E-state index in [0.717, 1.165) is 0 Å². The molecule has 2 rings (SSSR count). The summed E-state index contributed by atoms with van der Waals surface area (Å²) in [5, 5.41) is 3.71. The summed E-state index contributed by atoms with van der Waals surface area (Å²) in [5.74, 6) is 0.528. The number of rotatable bonds is 5. The molecule has 112 valence electrons. The minimum Gasteiger partial charge on any atom is -0.378 e. The van der Waals surface area contributed by atoms with Crippen LogP contribution in [-0.2, 0) is 0 Å². The summed E-state index contributed by atoms with van der Waals surface area (Å²) in [6, 6.07) is 17.6. The molecule has 0 saturated carbocycles. The van der Waals surface area contributed by atoms with Crippen LogP contribution in [0.1, 0.15) is 31.0 Å². The Morgan fingerprint density at radius 1 is 0.952 bits per heavy atom. The third-order valence-corrected chi connectivity index (χ3v) is 3.86. The van der Waals surface area contributed by atoms with E-state index in [9.17, 15) is 0 Å². The van der Waals surface area contributed by atoms with Crippen molar-refractivity contribution in [3.05, 3.63) is 59.7 Å². The Kier molecular flexibility index (Phi) is 4.89. The maximum atomic E-state index is 3.71. The van der Waals surface area contributed by atoms with Gasteiger partial charge < -0.3 is 10.2 Å². The minimum atomic E-state index is 0.329. The SMILES string of the molecule is Cc1cc(N(C)C)ccc1NC(c1ccccc1)C(C)C. The highest BCUT2D eigenvalue weighted by Gasteiger charge is 2.16. The molecule has 0 aliphatic rings. The van der Waals surface area contributed by atoms with Crippen molar-refractivity contribution in [3.8, 4) is 0 Å². The van der Waals surface area contributed by atoms with Crippen molar-refractivity contribution in [1.82, 2.24) is 0 Å². The van der Waals surface area contributed by atoms with Crippen LogP contribution in [0.3, 0.4) is 0 Å². The Morgan fingerprint density at radius 2 is 1.62 bits per heavy atom. The number of benzene rings is 2. The summed E-state index contributed by atoms with van der Waals surface area (Å²) in [6.45, 7) is 6.68. The number of nitrogens with zero attached hydrogens (tertiary/aromatic N) is 1. The maximum absolute atomic E-state index is 3.71. The average Bonchev–Trinajstić information content (AvgIpc) is 2.46. The molecule has 1 N–H and O–H groups in total. The van der Waals surface area contributed by atoms with Gasteiger partial charge in [0.1, 0.15) is 0 Å². The normalized spacial score (nSPS) is 12.3. The Morgan fingerprint density at radius 3 is 2.14 bits per heavy atom. The molecule has 2 aromatic rings. The highest BCUT2D eigenvalue weighted by molar-refractivity contribution is 5.60. The Hall–Kier alpha value is -1.96. The zero-order valence-electron chi connectivity index (χ0n) is 13.7. The molecule has 1 unspecified atom stereocenters. The van der Waals surface area contributed by atoms with Crippen molar-refractivity contribution in [1.29, 1.82) is 0 Å². The highest BCUT2D eigenvalue weighted by Crippen LogP contribution is 2.29. The molecule has 0 heterocycles. The fourth-order valence-corrected chi connectivity index (χ4v) is 2.55. The largest absolute Gasteiger partial charge is 0.378 e. The summed E-state index contributed by atoms with van der Waals surface area (Å²) >= 11 is 0. The molecule has 0 amide bonds. The summed E-state index contributed by atoms with van der Waals surface area (Å²) in [7, 11) is 4.14. The first-order valence-corrected chi connectivity index (χ1v) is 7.58. The van der Waals surface area contributed by atoms with Gasteiger partial charge in [0.25, 0.3) is 0 Å². The molecule has 0 bridgehead atoms. The van der Waals surface area contributed by atoms with Gasteiger partial charge in [-0.25, -0.2) is 0 Å². The van der Waals surface area contributed by atoms with Gasteiger partial charge in [-0.1, -0.05) is 44.2 Å². The second-order valence-corrected chi connectivity index (χ2v) is 6.17. The van der Waals surface area contributed by atoms with Crippen LogP contribution in [-0.4, -0.2) is 14.1 Å². The Bertz CT molecular complexity index is 573. The van der Waals surface area contributed by atoms with Gasteiger partial charge in [-0.3, -0.25) is 0 Å². The van der Waals surface area contributed by atoms with Crippen LogP contribution in [0.4, 0.5) is 11.4 Å². The van der Waals surface area contributed by atoms with Crippen LogP contribution in [0, 0.1) is 12.8 Å². The Balaban J connectivity index is 2.26. The zero-order chi connectivity index (χ0) is 15.4. The predicted octanol–water partition coefficient (Wildman–Crippen LogP) is 4.87. The van der Waals surface area contributed by atoms with E-state index in [1.165, 1.54) is 22.5 Å². The number of hydrogen-bond donors (Lipinski definition) is 1. The van der Waals surface area contributed by atoms with Crippen LogP contribution in [0.15, 0.2) is 48.5 Å². The van der Waals surface area contributed by atoms with E-state index in [1.807, 2.05) is 0 Å². The zero-order valence-corrected chi connectivity index (χ0v) is 13.7. The first kappa shape index (κ1) is 15.4. The van der Waals surface area contributed by atoms with Crippen molar-refractivity contribution in [2.24, 2.45) is 5.92 Å². The van der Waals surface area contributed by atoms with E-state index < -0.39 is 0 Å². The van der Waals surface area contributed by atoms with Gasteiger partial charge >= 0.3 is 0 Å². The van der Waals surface area contributed by atoms with Crippen molar-refractivity contribution in [2.75, 3.05) is 24.3 Å². The summed E-state index contributed by atoms with van der Waals surface area (Å²) < 4.78 is 0. The topological polar surface area (TPSA) is 15.3 Å². The third-order valence-electron chi connectivity index (χ3n) is 3.86. The molecular weight excluding hydrogens is 256 g/mol. The molecule has 0 fully saturated rings. The summed E-state index contributed by atoms with van der Waals surface area (Å²) in [6.07, 6.45) is 0. The van der Waals surface area contributed by atoms with Gasteiger partial charge in [0, 0.05) is 25.5 Å². The molecule has 0 radical (unpaired) electrons. The third kappa shape index (κ3) is 3.78. The molecule has 0 aliphatic carbocycles. The van der Waals surface area contributed by atoms with E-state index in [1.54, 1.807) is 0 Å². The number of anilines is 2. The van der Waals surface area contributed by atoms with Crippen molar-refractivity contribution < 1.29 is 0 Å². The molecule has 1 atom stereocenters. The quantitative estimate of drug-likeness (QED) is 0.841. The lowest BCUT2D eigenvalue weighted by atomic mass is 9.95. The van der Waals surface area contributed by atoms with E-state index >= 15 is 0 Å². The van der Waals surface area contributed by atoms with E-state index in [0.29, 0.717) is 12.0 Å². The molecule has 2 heteroatoms. The lowest BCUT2D eigenvalue weighted by molar-refractivity contribution is 0.546. The number of hydrogen-bond acceptors (Lipinski definition) is 2. The standard InChI is InChI=1S/C19H26N2/c1-14(2)19(16-9-7-6-8-10-16)20-18-12-11-17(21(4)5)13-15(18)3/h6-14,19-20H,1-5H3. The number of aryl methyl sites for hydroxylation is 1. The van der Waals surface area contributed by atoms with Gasteiger partial charge in [-0.2, -0.15) is 0 Å². The van der Waals surface area contributed by atoms with Crippen LogP contribution in [0.2, 0.25) is 0 Å². The predicted molar refractivity (Wildman–Crippen MR) is 93.1 cm³/mol. The molecule has 2 nitrogen and oxygen atoms in total. The van der Waals surface area contributed by atoms with E-state index in [4.69, 9.17) is 0 Å². The monoisotopic (exact) mass is 282 g/mol. The second-order valence-electron chi connectivity index (χ2n) is 6.17. The minimum absolute atomic E-state index is 0.329. The molecular formula is C19H26N2. The fraction of sp³-hybridized carbons (Fsp3) is 0.368. The second kappa shape index (κ2) is 6.66. The molecule has 0 aromatic heterocycles. The fourth-order valence-electron chi connectivity index (χ4n) is 2.55. The van der Waals surface area contributed by atoms with E-state index in [-0.39, 0.29) is 0 Å². The highest BCUT2D eigenvalue weighted by atomic mass is 15.1. The summed E-state index contributed by atoms with van der Waals surface area (Å²) in [5.41, 5.74) is 5.06. The average molecular weight is 282 g/mol. The van der Waals surface area contributed by atoms with Gasteiger partial charge in [0.15, 0.2) is 0 Å². The van der Waals surface area contributed by atoms with Gasteiger partial charge in [-0.15, -0.1) is 0 Å². The van der Waals surface area contributed by atoms with Crippen molar-refractivity contribution in [2.45, 2.75) is 26.8 Å². The summed E-state index contributed by atoms with van der Waals surface area (Å²) in [4.78, 5) is 2.13. The van der Waals surface area contributed by atoms with Crippen LogP contribution >= 0.6 is 0 Å². The van der Waals surface area contributed by atoms with Crippen LogP contribution in [0.5, 0.6) is 0 Å². The van der Waals surface area contributed by atoms with Gasteiger partial charge in [0.2, 0.25) is 0 Å². The van der Waals surface area contributed by atoms with Crippen molar-refractivity contribution in [3.63, 3.8) is 0 Å². The maximum Gasteiger partial charge on any atom is 0.0536 e. The van der Waals surface area contributed by atoms with Crippen molar-refractivity contribution >= 4 is 11.4 Å². The molecule has 0 spiro atoms. The van der Waals surface area contributed by atoms with Gasteiger partial charge in [-0.05, 0) is 42.2 Å². The molecule has 0 saturated heterocycles. The molecule has 2 aromatic carbocycles. The van der Waals surface area contributed by atoms with E-state index in [2.05, 4.69) is 93.6 Å².